The summed E-state index contributed by atoms with van der Waals surface area (Å²) in [6.45, 7) is 0. The Labute approximate surface area is 213 Å². The van der Waals surface area contributed by atoms with Gasteiger partial charge in [0.2, 0.25) is 5.13 Å². The van der Waals surface area contributed by atoms with Gasteiger partial charge in [-0.1, -0.05) is 57.6 Å². The van der Waals surface area contributed by atoms with E-state index in [1.165, 1.54) is 28.5 Å². The van der Waals surface area contributed by atoms with E-state index in [0.717, 1.165) is 10.0 Å². The van der Waals surface area contributed by atoms with E-state index in [1.54, 1.807) is 36.5 Å². The van der Waals surface area contributed by atoms with E-state index in [4.69, 9.17) is 4.74 Å². The van der Waals surface area contributed by atoms with Crippen molar-refractivity contribution < 1.29 is 13.9 Å². The van der Waals surface area contributed by atoms with Crippen LogP contribution in [0, 0.1) is 5.82 Å². The molecule has 5 nitrogen and oxygen atoms in total. The number of halogens is 2. The Kier molecular flexibility index (Phi) is 6.65. The van der Waals surface area contributed by atoms with Gasteiger partial charge in [0.1, 0.15) is 17.3 Å². The van der Waals surface area contributed by atoms with Gasteiger partial charge in [0.15, 0.2) is 0 Å². The summed E-state index contributed by atoms with van der Waals surface area (Å²) in [5.74, 6) is 0.573. The van der Waals surface area contributed by atoms with Gasteiger partial charge in [0, 0.05) is 10.0 Å². The van der Waals surface area contributed by atoms with Crippen LogP contribution in [0.1, 0.15) is 15.9 Å². The highest BCUT2D eigenvalue weighted by atomic mass is 79.9. The lowest BCUT2D eigenvalue weighted by atomic mass is 10.2. The maximum Gasteiger partial charge on any atom is 0.280 e. The van der Waals surface area contributed by atoms with Gasteiger partial charge < -0.3 is 4.74 Å². The van der Waals surface area contributed by atoms with Gasteiger partial charge in [-0.3, -0.25) is 4.79 Å². The van der Waals surface area contributed by atoms with Crippen molar-refractivity contribution in [3.05, 3.63) is 118 Å². The van der Waals surface area contributed by atoms with Crippen LogP contribution in [0.3, 0.4) is 0 Å². The summed E-state index contributed by atoms with van der Waals surface area (Å²) < 4.78 is 21.1. The van der Waals surface area contributed by atoms with Gasteiger partial charge >= 0.3 is 0 Å². The highest BCUT2D eigenvalue weighted by Crippen LogP contribution is 2.31. The second-order valence-corrected chi connectivity index (χ2v) is 9.39. The van der Waals surface area contributed by atoms with Gasteiger partial charge in [0.25, 0.3) is 5.91 Å². The number of hydrogen-bond acceptors (Lipinski definition) is 5. The first-order valence-electron chi connectivity index (χ1n) is 10.6. The summed E-state index contributed by atoms with van der Waals surface area (Å²) >= 11 is 4.60. The molecule has 5 aromatic rings. The summed E-state index contributed by atoms with van der Waals surface area (Å²) in [5, 5.41) is 6.02. The third-order valence-electron chi connectivity index (χ3n) is 4.99. The Hall–Kier alpha value is -3.88. The third-order valence-corrected chi connectivity index (χ3v) is 6.51. The minimum Gasteiger partial charge on any atom is -0.457 e. The molecule has 5 rings (SSSR count). The van der Waals surface area contributed by atoms with Crippen LogP contribution in [0.2, 0.25) is 0 Å². The Morgan fingerprint density at radius 1 is 0.943 bits per heavy atom. The fourth-order valence-corrected chi connectivity index (χ4v) is 4.46. The van der Waals surface area contributed by atoms with Gasteiger partial charge in [-0.05, 0) is 72.3 Å². The first kappa shape index (κ1) is 22.9. The largest absolute Gasteiger partial charge is 0.457 e. The van der Waals surface area contributed by atoms with E-state index in [9.17, 15) is 9.18 Å². The SMILES string of the molecule is O=C(c1ccc(Oc2ccccc2)cc1)N(/N=C/c1ccc(Br)cc1)c1nc2ccc(F)cc2s1. The summed E-state index contributed by atoms with van der Waals surface area (Å²) in [6, 6.07) is 28.1. The fourth-order valence-electron chi connectivity index (χ4n) is 3.25. The predicted molar refractivity (Wildman–Crippen MR) is 141 cm³/mol. The lowest BCUT2D eigenvalue weighted by molar-refractivity contribution is 0.0988. The molecule has 1 heterocycles. The summed E-state index contributed by atoms with van der Waals surface area (Å²) in [7, 11) is 0. The van der Waals surface area contributed by atoms with Crippen molar-refractivity contribution in [2.45, 2.75) is 0 Å². The zero-order valence-electron chi connectivity index (χ0n) is 18.1. The molecular weight excluding hydrogens is 529 g/mol. The molecule has 0 saturated carbocycles. The highest BCUT2D eigenvalue weighted by Gasteiger charge is 2.21. The molecule has 0 unspecified atom stereocenters. The van der Waals surface area contributed by atoms with Crippen LogP contribution in [0.25, 0.3) is 10.2 Å². The minimum absolute atomic E-state index is 0.341. The van der Waals surface area contributed by atoms with Crippen molar-refractivity contribution >= 4 is 54.7 Å². The summed E-state index contributed by atoms with van der Waals surface area (Å²) in [6.07, 6.45) is 1.59. The number of rotatable bonds is 6. The maximum atomic E-state index is 13.7. The first-order chi connectivity index (χ1) is 17.0. The number of amides is 1. The van der Waals surface area contributed by atoms with Crippen LogP contribution in [-0.4, -0.2) is 17.1 Å². The average molecular weight is 546 g/mol. The molecule has 172 valence electrons. The van der Waals surface area contributed by atoms with Crippen LogP contribution in [0.5, 0.6) is 11.5 Å². The molecule has 0 bridgehead atoms. The van der Waals surface area contributed by atoms with E-state index >= 15 is 0 Å². The molecule has 0 spiro atoms. The van der Waals surface area contributed by atoms with Crippen LogP contribution in [0.4, 0.5) is 9.52 Å². The monoisotopic (exact) mass is 545 g/mol. The summed E-state index contributed by atoms with van der Waals surface area (Å²) in [5.41, 5.74) is 1.81. The van der Waals surface area contributed by atoms with E-state index in [-0.39, 0.29) is 11.7 Å². The third kappa shape index (κ3) is 5.45. The lowest BCUT2D eigenvalue weighted by Gasteiger charge is -2.14. The van der Waals surface area contributed by atoms with Crippen LogP contribution >= 0.6 is 27.3 Å². The van der Waals surface area contributed by atoms with Crippen molar-refractivity contribution in [3.8, 4) is 11.5 Å². The molecule has 1 aromatic heterocycles. The summed E-state index contributed by atoms with van der Waals surface area (Å²) in [4.78, 5) is 18.0. The number of para-hydroxylation sites is 1. The number of ether oxygens (including phenoxy) is 1. The number of thiazole rings is 1. The second kappa shape index (κ2) is 10.2. The molecule has 8 heteroatoms. The molecule has 1 amide bonds. The number of carbonyl (C=O) groups is 1. The number of anilines is 1. The molecule has 0 aliphatic heterocycles. The van der Waals surface area contributed by atoms with E-state index < -0.39 is 0 Å². The van der Waals surface area contributed by atoms with Crippen molar-refractivity contribution in [2.24, 2.45) is 5.10 Å². The van der Waals surface area contributed by atoms with Crippen LogP contribution in [-0.2, 0) is 0 Å². The second-order valence-electron chi connectivity index (χ2n) is 7.46. The topological polar surface area (TPSA) is 54.8 Å². The molecule has 0 N–H and O–H groups in total. The molecule has 0 aliphatic rings. The normalized spacial score (nSPS) is 11.1. The van der Waals surface area contributed by atoms with Crippen LogP contribution < -0.4 is 9.75 Å². The highest BCUT2D eigenvalue weighted by molar-refractivity contribution is 9.10. The molecule has 0 atom stereocenters. The van der Waals surface area contributed by atoms with Gasteiger partial charge in [-0.15, -0.1) is 0 Å². The first-order valence-corrected chi connectivity index (χ1v) is 12.2. The number of benzene rings is 4. The zero-order valence-corrected chi connectivity index (χ0v) is 20.5. The molecular formula is C27H17BrFN3O2S. The number of nitrogens with zero attached hydrogens (tertiary/aromatic N) is 3. The quantitative estimate of drug-likeness (QED) is 0.162. The Balaban J connectivity index is 1.46. The smallest absolute Gasteiger partial charge is 0.280 e. The maximum absolute atomic E-state index is 13.7. The molecule has 0 aliphatic carbocycles. The van der Waals surface area contributed by atoms with E-state index in [1.807, 2.05) is 54.6 Å². The number of hydrazone groups is 1. The molecule has 0 fully saturated rings. The minimum atomic E-state index is -0.371. The fraction of sp³-hybridized carbons (Fsp3) is 0. The number of hydrogen-bond donors (Lipinski definition) is 0. The van der Waals surface area contributed by atoms with Crippen molar-refractivity contribution in [2.75, 3.05) is 5.01 Å². The van der Waals surface area contributed by atoms with E-state index in [2.05, 4.69) is 26.0 Å². The van der Waals surface area contributed by atoms with Gasteiger partial charge in [0.05, 0.1) is 16.4 Å². The lowest BCUT2D eigenvalue weighted by Crippen LogP contribution is -2.25. The number of aromatic nitrogens is 1. The zero-order chi connectivity index (χ0) is 24.2. The molecule has 0 saturated heterocycles. The molecule has 4 aromatic carbocycles. The standard InChI is InChI=1S/C27H17BrFN3O2S/c28-20-10-6-18(7-11-20)17-30-32(27-31-24-15-12-21(29)16-25(24)35-27)26(33)19-8-13-23(14-9-19)34-22-4-2-1-3-5-22/h1-17H/b30-17+. The Morgan fingerprint density at radius 3 is 2.40 bits per heavy atom. The Bertz CT molecular complexity index is 1500. The molecule has 0 radical (unpaired) electrons. The average Bonchev–Trinajstić information content (AvgIpc) is 3.29. The predicted octanol–water partition coefficient (Wildman–Crippen LogP) is 7.67. The number of fused-ring (bicyclic) bond motifs is 1. The van der Waals surface area contributed by atoms with E-state index in [0.29, 0.717) is 32.4 Å². The van der Waals surface area contributed by atoms with Gasteiger partial charge in [-0.2, -0.15) is 10.1 Å². The van der Waals surface area contributed by atoms with Crippen molar-refractivity contribution in [1.82, 2.24) is 4.98 Å². The van der Waals surface area contributed by atoms with Crippen LogP contribution in [0.15, 0.2) is 107 Å². The van der Waals surface area contributed by atoms with Gasteiger partial charge in [-0.25, -0.2) is 9.37 Å². The number of carbonyl (C=O) groups excluding carboxylic acids is 1. The Morgan fingerprint density at radius 2 is 1.66 bits per heavy atom. The van der Waals surface area contributed by atoms with Crippen molar-refractivity contribution in [3.63, 3.8) is 0 Å². The van der Waals surface area contributed by atoms with Crippen molar-refractivity contribution in [1.29, 1.82) is 0 Å². The molecule has 35 heavy (non-hydrogen) atoms.